The van der Waals surface area contributed by atoms with Gasteiger partial charge in [-0.25, -0.2) is 9.98 Å². The van der Waals surface area contributed by atoms with Crippen LogP contribution in [0.3, 0.4) is 0 Å². The van der Waals surface area contributed by atoms with Crippen molar-refractivity contribution in [3.63, 3.8) is 0 Å². The fourth-order valence-electron chi connectivity index (χ4n) is 3.00. The minimum Gasteiger partial charge on any atom is -0.491 e. The molecule has 2 aliphatic rings. The summed E-state index contributed by atoms with van der Waals surface area (Å²) >= 11 is 1.72. The van der Waals surface area contributed by atoms with Crippen molar-refractivity contribution in [2.75, 3.05) is 39.6 Å². The number of fused-ring (bicyclic) bond motifs is 2. The van der Waals surface area contributed by atoms with E-state index in [2.05, 4.69) is 12.1 Å². The lowest BCUT2D eigenvalue weighted by Crippen LogP contribution is -2.11. The molecule has 1 aliphatic carbocycles. The molecule has 2 aromatic rings. The Morgan fingerprint density at radius 2 is 1.61 bits per heavy atom. The van der Waals surface area contributed by atoms with Gasteiger partial charge in [-0.05, 0) is 54.6 Å². The summed E-state index contributed by atoms with van der Waals surface area (Å²) in [7, 11) is 0. The Kier molecular flexibility index (Phi) is 7.57. The molecule has 0 fully saturated rings. The number of nitrogens with zero attached hydrogens (tertiary/aromatic N) is 2. The molecule has 0 saturated heterocycles. The molecule has 4 rings (SSSR count). The molecule has 0 bridgehead atoms. The number of aromatic nitrogens is 1. The smallest absolute Gasteiger partial charge is 0.119 e. The number of hydrogen-bond acceptors (Lipinski definition) is 7. The molecule has 0 atom stereocenters. The van der Waals surface area contributed by atoms with Crippen LogP contribution in [0, 0.1) is 0 Å². The van der Waals surface area contributed by atoms with E-state index in [1.165, 1.54) is 0 Å². The first kappa shape index (κ1) is 21.4. The molecule has 0 radical (unpaired) electrons. The van der Waals surface area contributed by atoms with Gasteiger partial charge in [-0.1, -0.05) is 12.1 Å². The fourth-order valence-corrected chi connectivity index (χ4v) is 4.00. The number of para-hydroxylation sites is 1. The number of aliphatic hydroxyl groups excluding tert-OH is 1. The summed E-state index contributed by atoms with van der Waals surface area (Å²) in [5, 5.41) is 9.51. The highest BCUT2D eigenvalue weighted by molar-refractivity contribution is 7.21. The van der Waals surface area contributed by atoms with Gasteiger partial charge in [-0.3, -0.25) is 0 Å². The van der Waals surface area contributed by atoms with E-state index in [9.17, 15) is 0 Å². The van der Waals surface area contributed by atoms with Crippen LogP contribution in [0.15, 0.2) is 71.7 Å². The van der Waals surface area contributed by atoms with Gasteiger partial charge in [0.2, 0.25) is 0 Å². The number of hydrogen-bond donors (Lipinski definition) is 1. The van der Waals surface area contributed by atoms with Gasteiger partial charge >= 0.3 is 0 Å². The Morgan fingerprint density at radius 1 is 0.839 bits per heavy atom. The zero-order valence-corrected chi connectivity index (χ0v) is 17.9. The van der Waals surface area contributed by atoms with Gasteiger partial charge in [-0.15, -0.1) is 11.3 Å². The van der Waals surface area contributed by atoms with Crippen molar-refractivity contribution < 1.29 is 19.3 Å². The molecular weight excluding hydrogens is 412 g/mol. The van der Waals surface area contributed by atoms with Gasteiger partial charge in [0, 0.05) is 0 Å². The molecular formula is C24H24N2O4S. The van der Waals surface area contributed by atoms with Gasteiger partial charge in [0.25, 0.3) is 0 Å². The number of aliphatic hydroxyl groups is 1. The first-order chi connectivity index (χ1) is 15.3. The maximum Gasteiger partial charge on any atom is 0.119 e. The third-order valence-corrected chi connectivity index (χ3v) is 5.58. The predicted molar refractivity (Wildman–Crippen MR) is 122 cm³/mol. The molecule has 7 heteroatoms. The summed E-state index contributed by atoms with van der Waals surface area (Å²) in [6.45, 7) is 2.27. The Hall–Kier alpha value is -2.84. The van der Waals surface area contributed by atoms with Crippen LogP contribution in [-0.4, -0.2) is 49.7 Å². The summed E-state index contributed by atoms with van der Waals surface area (Å²) in [5.74, 6) is 0.774. The Balaban J connectivity index is 1.35. The largest absolute Gasteiger partial charge is 0.491 e. The molecule has 6 nitrogen and oxygen atoms in total. The van der Waals surface area contributed by atoms with Crippen LogP contribution in [0.5, 0.6) is 5.75 Å². The summed E-state index contributed by atoms with van der Waals surface area (Å²) in [5.41, 5.74) is 2.86. The summed E-state index contributed by atoms with van der Waals surface area (Å²) in [4.78, 5) is 10.6. The minimum absolute atomic E-state index is 0.0289. The summed E-state index contributed by atoms with van der Waals surface area (Å²) < 4.78 is 17.4. The predicted octanol–water partition coefficient (Wildman–Crippen LogP) is 4.04. The average molecular weight is 437 g/mol. The van der Waals surface area contributed by atoms with E-state index < -0.39 is 0 Å². The number of benzene rings is 3. The van der Waals surface area contributed by atoms with Crippen molar-refractivity contribution in [2.24, 2.45) is 4.99 Å². The van der Waals surface area contributed by atoms with Crippen molar-refractivity contribution in [3.8, 4) is 16.3 Å². The van der Waals surface area contributed by atoms with Crippen molar-refractivity contribution >= 4 is 27.2 Å². The van der Waals surface area contributed by atoms with E-state index in [0.29, 0.717) is 33.0 Å². The molecule has 31 heavy (non-hydrogen) atoms. The maximum absolute atomic E-state index is 8.62. The Morgan fingerprint density at radius 3 is 2.45 bits per heavy atom. The van der Waals surface area contributed by atoms with Crippen LogP contribution in [0.1, 0.15) is 0 Å². The lowest BCUT2D eigenvalue weighted by Gasteiger charge is -2.08. The van der Waals surface area contributed by atoms with Gasteiger partial charge in [0.05, 0.1) is 64.9 Å². The maximum atomic E-state index is 8.62. The Bertz CT molecular complexity index is 1140. The van der Waals surface area contributed by atoms with Crippen LogP contribution in [0.25, 0.3) is 20.8 Å². The lowest BCUT2D eigenvalue weighted by molar-refractivity contribution is 0.0247. The second-order valence-electron chi connectivity index (χ2n) is 6.74. The summed E-state index contributed by atoms with van der Waals surface area (Å²) in [6.07, 6.45) is 0. The highest BCUT2D eigenvalue weighted by Crippen LogP contribution is 2.29. The molecule has 1 heterocycles. The van der Waals surface area contributed by atoms with Gasteiger partial charge in [0.1, 0.15) is 12.4 Å². The van der Waals surface area contributed by atoms with Gasteiger partial charge in [-0.2, -0.15) is 0 Å². The van der Waals surface area contributed by atoms with E-state index in [-0.39, 0.29) is 6.61 Å². The fraction of sp³-hybridized carbons (Fsp3) is 0.250. The van der Waals surface area contributed by atoms with E-state index >= 15 is 0 Å². The first-order valence-corrected chi connectivity index (χ1v) is 11.0. The third-order valence-electron chi connectivity index (χ3n) is 4.47. The van der Waals surface area contributed by atoms with Gasteiger partial charge < -0.3 is 19.3 Å². The Labute approximate surface area is 184 Å². The first-order valence-electron chi connectivity index (χ1n) is 10.2. The van der Waals surface area contributed by atoms with E-state index in [1.54, 1.807) is 11.3 Å². The van der Waals surface area contributed by atoms with Crippen molar-refractivity contribution in [1.82, 2.24) is 4.98 Å². The van der Waals surface area contributed by atoms with Crippen LogP contribution < -0.4 is 10.1 Å². The standard InChI is InChI=1S/C24H24N2O4S/c27-11-12-28-13-14-29-15-16-30-20-8-5-18(6-9-20)25-19-7-10-22-24(17-19)31-23-4-2-1-3-21(23)26-22/h1-10,17,27H,11-16H2. The second kappa shape index (κ2) is 11.0. The molecule has 1 aliphatic heterocycles. The van der Waals surface area contributed by atoms with Crippen molar-refractivity contribution in [3.05, 3.63) is 72.1 Å². The molecule has 0 saturated carbocycles. The zero-order valence-electron chi connectivity index (χ0n) is 17.1. The van der Waals surface area contributed by atoms with Crippen LogP contribution in [0.4, 0.5) is 5.69 Å². The van der Waals surface area contributed by atoms with Crippen molar-refractivity contribution in [2.45, 2.75) is 0 Å². The highest BCUT2D eigenvalue weighted by Gasteiger charge is 2.06. The molecule has 160 valence electrons. The number of ether oxygens (including phenoxy) is 3. The minimum atomic E-state index is 0.0289. The van der Waals surface area contributed by atoms with E-state index in [0.717, 1.165) is 37.6 Å². The average Bonchev–Trinajstić information content (AvgIpc) is 2.80. The van der Waals surface area contributed by atoms with E-state index in [1.807, 2.05) is 54.6 Å². The third kappa shape index (κ3) is 6.08. The highest BCUT2D eigenvalue weighted by atomic mass is 32.1. The van der Waals surface area contributed by atoms with Crippen LogP contribution in [0.2, 0.25) is 0 Å². The molecule has 1 N–H and O–H groups in total. The van der Waals surface area contributed by atoms with Crippen LogP contribution in [-0.2, 0) is 9.47 Å². The quantitative estimate of drug-likeness (QED) is 0.300. The molecule has 0 unspecified atom stereocenters. The molecule has 2 aromatic carbocycles. The lowest BCUT2D eigenvalue weighted by atomic mass is 10.2. The normalized spacial score (nSPS) is 12.0. The van der Waals surface area contributed by atoms with Crippen LogP contribution >= 0.6 is 11.3 Å². The molecule has 0 spiro atoms. The SMILES string of the molecule is OCCOCCOCCOc1ccc(N=c2ccc3nc4ccccc4sc-3c2)cc1. The molecule has 0 aromatic heterocycles. The second-order valence-corrected chi connectivity index (χ2v) is 7.82. The topological polar surface area (TPSA) is 73.2 Å². The summed E-state index contributed by atoms with van der Waals surface area (Å²) in [6, 6.07) is 21.9. The zero-order chi connectivity index (χ0) is 21.3. The monoisotopic (exact) mass is 436 g/mol. The molecule has 0 amide bonds. The number of rotatable bonds is 10. The van der Waals surface area contributed by atoms with E-state index in [4.69, 9.17) is 29.3 Å². The van der Waals surface area contributed by atoms with Crippen molar-refractivity contribution in [1.29, 1.82) is 0 Å². The van der Waals surface area contributed by atoms with Gasteiger partial charge in [0.15, 0.2) is 0 Å².